The largest absolute Gasteiger partial charge is 0.496 e. The molecule has 0 bridgehead atoms. The second kappa shape index (κ2) is 8.18. The van der Waals surface area contributed by atoms with Gasteiger partial charge in [0, 0.05) is 17.3 Å². The number of amides is 1. The van der Waals surface area contributed by atoms with Crippen LogP contribution >= 0.6 is 15.9 Å². The van der Waals surface area contributed by atoms with Crippen LogP contribution in [0.5, 0.6) is 11.5 Å². The van der Waals surface area contributed by atoms with E-state index in [0.717, 1.165) is 0 Å². The third kappa shape index (κ3) is 4.15. The Morgan fingerprint density at radius 3 is 2.42 bits per heavy atom. The molecule has 0 fully saturated rings. The van der Waals surface area contributed by atoms with Crippen LogP contribution in [0.15, 0.2) is 52.5 Å². The molecule has 2 aromatic carbocycles. The minimum absolute atomic E-state index is 0.0331. The van der Waals surface area contributed by atoms with Crippen molar-refractivity contribution >= 4 is 33.6 Å². The second-order valence-corrected chi connectivity index (χ2v) is 5.57. The highest BCUT2D eigenvalue weighted by molar-refractivity contribution is 9.10. The zero-order valence-corrected chi connectivity index (χ0v) is 14.8. The van der Waals surface area contributed by atoms with Crippen molar-refractivity contribution < 1.29 is 14.3 Å². The van der Waals surface area contributed by atoms with Gasteiger partial charge in [-0.05, 0) is 40.2 Å². The SMILES string of the molecule is COc1cc(OC)c(/C=C(/C#N)C(=O)Nc2ccccc2)cc1Br. The van der Waals surface area contributed by atoms with Crippen molar-refractivity contribution in [1.82, 2.24) is 0 Å². The van der Waals surface area contributed by atoms with E-state index in [1.165, 1.54) is 13.2 Å². The van der Waals surface area contributed by atoms with Crippen molar-refractivity contribution in [2.45, 2.75) is 0 Å². The third-order valence-corrected chi connectivity index (χ3v) is 3.82. The van der Waals surface area contributed by atoms with Crippen LogP contribution in [0.25, 0.3) is 6.08 Å². The van der Waals surface area contributed by atoms with Gasteiger partial charge in [-0.25, -0.2) is 0 Å². The molecule has 0 radical (unpaired) electrons. The van der Waals surface area contributed by atoms with Crippen LogP contribution in [-0.4, -0.2) is 20.1 Å². The fraction of sp³-hybridized carbons (Fsp3) is 0.111. The van der Waals surface area contributed by atoms with Crippen LogP contribution in [0.2, 0.25) is 0 Å². The molecule has 0 aliphatic heterocycles. The summed E-state index contributed by atoms with van der Waals surface area (Å²) in [6.07, 6.45) is 1.47. The number of hydrogen-bond acceptors (Lipinski definition) is 4. The maximum absolute atomic E-state index is 12.3. The Balaban J connectivity index is 2.35. The lowest BCUT2D eigenvalue weighted by atomic mass is 10.1. The summed E-state index contributed by atoms with van der Waals surface area (Å²) in [6, 6.07) is 14.3. The zero-order valence-electron chi connectivity index (χ0n) is 13.2. The Kier molecular flexibility index (Phi) is 5.99. The van der Waals surface area contributed by atoms with Crippen LogP contribution in [0.1, 0.15) is 5.56 Å². The lowest BCUT2D eigenvalue weighted by molar-refractivity contribution is -0.112. The van der Waals surface area contributed by atoms with Gasteiger partial charge < -0.3 is 14.8 Å². The highest BCUT2D eigenvalue weighted by Gasteiger charge is 2.13. The quantitative estimate of drug-likeness (QED) is 0.622. The van der Waals surface area contributed by atoms with Gasteiger partial charge in [-0.1, -0.05) is 18.2 Å². The highest BCUT2D eigenvalue weighted by atomic mass is 79.9. The summed E-state index contributed by atoms with van der Waals surface area (Å²) in [6.45, 7) is 0. The van der Waals surface area contributed by atoms with Gasteiger partial charge in [-0.3, -0.25) is 4.79 Å². The van der Waals surface area contributed by atoms with Gasteiger partial charge in [0.05, 0.1) is 18.7 Å². The van der Waals surface area contributed by atoms with Crippen molar-refractivity contribution in [2.24, 2.45) is 0 Å². The van der Waals surface area contributed by atoms with Gasteiger partial charge in [0.25, 0.3) is 5.91 Å². The number of para-hydroxylation sites is 1. The number of anilines is 1. The van der Waals surface area contributed by atoms with Crippen molar-refractivity contribution in [3.63, 3.8) is 0 Å². The third-order valence-electron chi connectivity index (χ3n) is 3.20. The summed E-state index contributed by atoms with van der Waals surface area (Å²) < 4.78 is 11.2. The number of rotatable bonds is 5. The summed E-state index contributed by atoms with van der Waals surface area (Å²) in [5.74, 6) is 0.601. The van der Waals surface area contributed by atoms with Crippen molar-refractivity contribution in [1.29, 1.82) is 5.26 Å². The molecule has 0 unspecified atom stereocenters. The summed E-state index contributed by atoms with van der Waals surface area (Å²) in [5.41, 5.74) is 1.17. The Morgan fingerprint density at radius 1 is 1.17 bits per heavy atom. The molecule has 2 aromatic rings. The van der Waals surface area contributed by atoms with Crippen LogP contribution in [0, 0.1) is 11.3 Å². The van der Waals surface area contributed by atoms with Crippen molar-refractivity contribution in [2.75, 3.05) is 19.5 Å². The van der Waals surface area contributed by atoms with Gasteiger partial charge in [0.2, 0.25) is 0 Å². The number of methoxy groups -OCH3 is 2. The molecule has 6 heteroatoms. The summed E-state index contributed by atoms with van der Waals surface area (Å²) in [7, 11) is 3.05. The fourth-order valence-electron chi connectivity index (χ4n) is 2.02. The van der Waals surface area contributed by atoms with Crippen molar-refractivity contribution in [3.05, 3.63) is 58.1 Å². The molecule has 1 N–H and O–H groups in total. The molecular formula is C18H15BrN2O3. The molecule has 0 atom stereocenters. The Labute approximate surface area is 148 Å². The molecular weight excluding hydrogens is 372 g/mol. The second-order valence-electron chi connectivity index (χ2n) is 4.72. The molecule has 0 spiro atoms. The number of hydrogen-bond donors (Lipinski definition) is 1. The Hall–Kier alpha value is -2.78. The van der Waals surface area contributed by atoms with Gasteiger partial charge in [0.15, 0.2) is 0 Å². The lowest BCUT2D eigenvalue weighted by Crippen LogP contribution is -2.13. The van der Waals surface area contributed by atoms with E-state index < -0.39 is 5.91 Å². The molecule has 24 heavy (non-hydrogen) atoms. The topological polar surface area (TPSA) is 71.3 Å². The minimum atomic E-state index is -0.488. The first-order valence-electron chi connectivity index (χ1n) is 6.98. The van der Waals surface area contributed by atoms with Crippen LogP contribution in [0.3, 0.4) is 0 Å². The molecule has 0 saturated heterocycles. The average Bonchev–Trinajstić information content (AvgIpc) is 2.60. The van der Waals surface area contributed by atoms with Crippen LogP contribution < -0.4 is 14.8 Å². The summed E-state index contributed by atoms with van der Waals surface area (Å²) >= 11 is 3.38. The van der Waals surface area contributed by atoms with E-state index in [0.29, 0.717) is 27.2 Å². The first-order valence-corrected chi connectivity index (χ1v) is 7.78. The summed E-state index contributed by atoms with van der Waals surface area (Å²) in [4.78, 5) is 12.3. The predicted octanol–water partition coefficient (Wildman–Crippen LogP) is 4.01. The maximum atomic E-state index is 12.3. The number of halogens is 1. The average molecular weight is 387 g/mol. The Bertz CT molecular complexity index is 811. The van der Waals surface area contributed by atoms with E-state index in [-0.39, 0.29) is 5.57 Å². The van der Waals surface area contributed by atoms with Gasteiger partial charge >= 0.3 is 0 Å². The highest BCUT2D eigenvalue weighted by Crippen LogP contribution is 2.34. The molecule has 122 valence electrons. The number of nitrogens with zero attached hydrogens (tertiary/aromatic N) is 1. The zero-order chi connectivity index (χ0) is 17.5. The van der Waals surface area contributed by atoms with E-state index >= 15 is 0 Å². The van der Waals surface area contributed by atoms with Crippen molar-refractivity contribution in [3.8, 4) is 17.6 Å². The van der Waals surface area contributed by atoms with Crippen LogP contribution in [-0.2, 0) is 4.79 Å². The number of nitriles is 1. The number of carbonyl (C=O) groups excluding carboxylic acids is 1. The van der Waals surface area contributed by atoms with Gasteiger partial charge in [0.1, 0.15) is 23.1 Å². The molecule has 0 heterocycles. The first-order chi connectivity index (χ1) is 11.6. The molecule has 0 aliphatic carbocycles. The minimum Gasteiger partial charge on any atom is -0.496 e. The molecule has 1 amide bonds. The standard InChI is InChI=1S/C18H15BrN2O3/c1-23-16-10-17(24-2)15(19)9-12(16)8-13(11-20)18(22)21-14-6-4-3-5-7-14/h3-10H,1-2H3,(H,21,22)/b13-8-. The molecule has 5 nitrogen and oxygen atoms in total. The van der Waals surface area contributed by atoms with Gasteiger partial charge in [-0.2, -0.15) is 5.26 Å². The number of carbonyl (C=O) groups is 1. The number of nitrogens with one attached hydrogen (secondary N) is 1. The number of benzene rings is 2. The monoisotopic (exact) mass is 386 g/mol. The molecule has 0 saturated carbocycles. The van der Waals surface area contributed by atoms with Crippen LogP contribution in [0.4, 0.5) is 5.69 Å². The van der Waals surface area contributed by atoms with E-state index in [4.69, 9.17) is 9.47 Å². The predicted molar refractivity (Wildman–Crippen MR) is 95.9 cm³/mol. The summed E-state index contributed by atoms with van der Waals surface area (Å²) in [5, 5.41) is 12.0. The van der Waals surface area contributed by atoms with E-state index in [2.05, 4.69) is 21.2 Å². The molecule has 0 aliphatic rings. The lowest BCUT2D eigenvalue weighted by Gasteiger charge is -2.10. The normalized spacial score (nSPS) is 10.7. The van der Waals surface area contributed by atoms with E-state index in [1.807, 2.05) is 12.1 Å². The fourth-order valence-corrected chi connectivity index (χ4v) is 2.54. The van der Waals surface area contributed by atoms with E-state index in [9.17, 15) is 10.1 Å². The molecule has 2 rings (SSSR count). The number of ether oxygens (including phenoxy) is 2. The maximum Gasteiger partial charge on any atom is 0.266 e. The molecule has 0 aromatic heterocycles. The Morgan fingerprint density at radius 2 is 1.83 bits per heavy atom. The first kappa shape index (κ1) is 17.6. The smallest absolute Gasteiger partial charge is 0.266 e. The van der Waals surface area contributed by atoms with Gasteiger partial charge in [-0.15, -0.1) is 0 Å². The van der Waals surface area contributed by atoms with E-state index in [1.54, 1.807) is 43.5 Å².